The van der Waals surface area contributed by atoms with Crippen molar-refractivity contribution < 1.29 is 5.11 Å². The zero-order chi connectivity index (χ0) is 14.4. The fourth-order valence-electron chi connectivity index (χ4n) is 2.02. The first-order chi connectivity index (χ1) is 9.67. The molecule has 3 nitrogen and oxygen atoms in total. The predicted octanol–water partition coefficient (Wildman–Crippen LogP) is 3.45. The van der Waals surface area contributed by atoms with E-state index in [0.717, 1.165) is 30.0 Å². The Morgan fingerprint density at radius 2 is 1.90 bits per heavy atom. The minimum Gasteiger partial charge on any atom is -0.389 e. The van der Waals surface area contributed by atoms with Gasteiger partial charge in [-0.2, -0.15) is 0 Å². The van der Waals surface area contributed by atoms with Crippen LogP contribution in [-0.4, -0.2) is 22.2 Å². The van der Waals surface area contributed by atoms with Crippen LogP contribution in [0.5, 0.6) is 0 Å². The van der Waals surface area contributed by atoms with Gasteiger partial charge in [-0.05, 0) is 12.8 Å². The van der Waals surface area contributed by atoms with Crippen molar-refractivity contribution in [1.29, 1.82) is 0 Å². The lowest BCUT2D eigenvalue weighted by molar-refractivity contribution is 0.0323. The second-order valence-electron chi connectivity index (χ2n) is 5.03. The van der Waals surface area contributed by atoms with Crippen LogP contribution in [0, 0.1) is 0 Å². The standard InChI is InChI=1S/C16H22N2OS/c1-3-16(19,4-2)12-17-10-14-11-18-15(20-14)13-8-6-5-7-9-13/h5-9,11,17,19H,3-4,10,12H2,1-2H3. The highest BCUT2D eigenvalue weighted by atomic mass is 32.1. The van der Waals surface area contributed by atoms with E-state index in [9.17, 15) is 5.11 Å². The second kappa shape index (κ2) is 6.97. The molecule has 0 radical (unpaired) electrons. The largest absolute Gasteiger partial charge is 0.389 e. The van der Waals surface area contributed by atoms with Gasteiger partial charge in [0.05, 0.1) is 5.60 Å². The maximum absolute atomic E-state index is 10.2. The maximum atomic E-state index is 10.2. The van der Waals surface area contributed by atoms with Gasteiger partial charge in [-0.1, -0.05) is 44.2 Å². The fourth-order valence-corrected chi connectivity index (χ4v) is 2.91. The summed E-state index contributed by atoms with van der Waals surface area (Å²) in [7, 11) is 0. The molecule has 108 valence electrons. The van der Waals surface area contributed by atoms with Crippen molar-refractivity contribution in [1.82, 2.24) is 10.3 Å². The van der Waals surface area contributed by atoms with Crippen LogP contribution in [0.25, 0.3) is 10.6 Å². The predicted molar refractivity (Wildman–Crippen MR) is 84.8 cm³/mol. The summed E-state index contributed by atoms with van der Waals surface area (Å²) in [6.07, 6.45) is 3.46. The van der Waals surface area contributed by atoms with Crippen LogP contribution in [0.3, 0.4) is 0 Å². The molecule has 0 amide bonds. The molecule has 20 heavy (non-hydrogen) atoms. The molecule has 1 heterocycles. The molecule has 0 atom stereocenters. The summed E-state index contributed by atoms with van der Waals surface area (Å²) >= 11 is 1.70. The number of thiazole rings is 1. The summed E-state index contributed by atoms with van der Waals surface area (Å²) in [5.74, 6) is 0. The highest BCUT2D eigenvalue weighted by molar-refractivity contribution is 7.15. The molecule has 0 unspecified atom stereocenters. The van der Waals surface area contributed by atoms with Crippen LogP contribution in [0.4, 0.5) is 0 Å². The van der Waals surface area contributed by atoms with Gasteiger partial charge < -0.3 is 10.4 Å². The highest BCUT2D eigenvalue weighted by Gasteiger charge is 2.21. The number of nitrogens with one attached hydrogen (secondary N) is 1. The summed E-state index contributed by atoms with van der Waals surface area (Å²) in [5, 5.41) is 14.6. The highest BCUT2D eigenvalue weighted by Crippen LogP contribution is 2.24. The van der Waals surface area contributed by atoms with Crippen LogP contribution in [0.2, 0.25) is 0 Å². The lowest BCUT2D eigenvalue weighted by atomic mass is 9.98. The van der Waals surface area contributed by atoms with Gasteiger partial charge in [0.2, 0.25) is 0 Å². The number of hydrogen-bond donors (Lipinski definition) is 2. The summed E-state index contributed by atoms with van der Waals surface area (Å²) in [5.41, 5.74) is 0.565. The van der Waals surface area contributed by atoms with Gasteiger partial charge in [0, 0.05) is 29.7 Å². The first-order valence-corrected chi connectivity index (χ1v) is 7.92. The van der Waals surface area contributed by atoms with Gasteiger partial charge >= 0.3 is 0 Å². The molecule has 0 saturated carbocycles. The van der Waals surface area contributed by atoms with Gasteiger partial charge in [-0.25, -0.2) is 4.98 Å². The van der Waals surface area contributed by atoms with Crippen molar-refractivity contribution in [3.05, 3.63) is 41.4 Å². The third-order valence-corrected chi connectivity index (χ3v) is 4.69. The Labute approximate surface area is 124 Å². The number of hydrogen-bond acceptors (Lipinski definition) is 4. The number of benzene rings is 1. The summed E-state index contributed by atoms with van der Waals surface area (Å²) < 4.78 is 0. The number of rotatable bonds is 7. The molecule has 4 heteroatoms. The normalized spacial score (nSPS) is 11.8. The van der Waals surface area contributed by atoms with Gasteiger partial charge in [0.15, 0.2) is 0 Å². The molecular weight excluding hydrogens is 268 g/mol. The van der Waals surface area contributed by atoms with E-state index in [4.69, 9.17) is 0 Å². The van der Waals surface area contributed by atoms with E-state index in [0.29, 0.717) is 6.54 Å². The van der Waals surface area contributed by atoms with Crippen LogP contribution >= 0.6 is 11.3 Å². The maximum Gasteiger partial charge on any atom is 0.123 e. The topological polar surface area (TPSA) is 45.1 Å². The molecule has 0 bridgehead atoms. The Balaban J connectivity index is 1.91. The smallest absolute Gasteiger partial charge is 0.123 e. The molecule has 2 rings (SSSR count). The van der Waals surface area contributed by atoms with Crippen molar-refractivity contribution in [2.24, 2.45) is 0 Å². The van der Waals surface area contributed by atoms with E-state index in [2.05, 4.69) is 22.4 Å². The van der Waals surface area contributed by atoms with Gasteiger partial charge in [-0.3, -0.25) is 0 Å². The van der Waals surface area contributed by atoms with E-state index in [1.54, 1.807) is 11.3 Å². The number of aliphatic hydroxyl groups is 1. The molecule has 0 aliphatic heterocycles. The Morgan fingerprint density at radius 3 is 2.55 bits per heavy atom. The minimum atomic E-state index is -0.590. The molecule has 0 fully saturated rings. The van der Waals surface area contributed by atoms with Gasteiger partial charge in [-0.15, -0.1) is 11.3 Å². The number of aromatic nitrogens is 1. The van der Waals surface area contributed by atoms with E-state index >= 15 is 0 Å². The van der Waals surface area contributed by atoms with Crippen molar-refractivity contribution in [2.45, 2.75) is 38.8 Å². The molecule has 0 spiro atoms. The molecule has 1 aromatic carbocycles. The first-order valence-electron chi connectivity index (χ1n) is 7.10. The van der Waals surface area contributed by atoms with E-state index in [1.165, 1.54) is 4.88 Å². The van der Waals surface area contributed by atoms with Crippen molar-refractivity contribution in [2.75, 3.05) is 6.54 Å². The second-order valence-corrected chi connectivity index (χ2v) is 6.15. The zero-order valence-electron chi connectivity index (χ0n) is 12.1. The summed E-state index contributed by atoms with van der Waals surface area (Å²) in [4.78, 5) is 5.65. The fraction of sp³-hybridized carbons (Fsp3) is 0.438. The Bertz CT molecular complexity index is 520. The van der Waals surface area contributed by atoms with E-state index in [-0.39, 0.29) is 0 Å². The molecule has 2 N–H and O–H groups in total. The molecule has 0 aliphatic rings. The van der Waals surface area contributed by atoms with Crippen LogP contribution < -0.4 is 5.32 Å². The SMILES string of the molecule is CCC(O)(CC)CNCc1cnc(-c2ccccc2)s1. The van der Waals surface area contributed by atoms with Crippen LogP contribution in [0.1, 0.15) is 31.6 Å². The van der Waals surface area contributed by atoms with Crippen LogP contribution in [-0.2, 0) is 6.54 Å². The summed E-state index contributed by atoms with van der Waals surface area (Å²) in [6, 6.07) is 10.2. The lowest BCUT2D eigenvalue weighted by Crippen LogP contribution is -2.39. The number of nitrogens with zero attached hydrogens (tertiary/aromatic N) is 1. The molecule has 2 aromatic rings. The third-order valence-electron chi connectivity index (χ3n) is 3.64. The van der Waals surface area contributed by atoms with Gasteiger partial charge in [0.1, 0.15) is 5.01 Å². The lowest BCUT2D eigenvalue weighted by Gasteiger charge is -2.25. The first kappa shape index (κ1) is 15.2. The van der Waals surface area contributed by atoms with Crippen LogP contribution in [0.15, 0.2) is 36.5 Å². The minimum absolute atomic E-state index is 0.590. The quantitative estimate of drug-likeness (QED) is 0.821. The third kappa shape index (κ3) is 3.88. The summed E-state index contributed by atoms with van der Waals surface area (Å²) in [6.45, 7) is 5.42. The van der Waals surface area contributed by atoms with Crippen molar-refractivity contribution in [3.63, 3.8) is 0 Å². The average molecular weight is 290 g/mol. The Kier molecular flexibility index (Phi) is 5.29. The molecule has 1 aromatic heterocycles. The Morgan fingerprint density at radius 1 is 1.20 bits per heavy atom. The van der Waals surface area contributed by atoms with E-state index < -0.39 is 5.60 Å². The van der Waals surface area contributed by atoms with Crippen molar-refractivity contribution in [3.8, 4) is 10.6 Å². The average Bonchev–Trinajstić information content (AvgIpc) is 2.97. The Hall–Kier alpha value is -1.23. The zero-order valence-corrected chi connectivity index (χ0v) is 12.9. The monoisotopic (exact) mass is 290 g/mol. The van der Waals surface area contributed by atoms with Crippen molar-refractivity contribution >= 4 is 11.3 Å². The molecule has 0 aliphatic carbocycles. The van der Waals surface area contributed by atoms with Gasteiger partial charge in [0.25, 0.3) is 0 Å². The van der Waals surface area contributed by atoms with E-state index in [1.807, 2.05) is 38.2 Å². The molecule has 0 saturated heterocycles. The molecular formula is C16H22N2OS.